The van der Waals surface area contributed by atoms with Gasteiger partial charge >= 0.3 is 0 Å². The van der Waals surface area contributed by atoms with Gasteiger partial charge in [-0.2, -0.15) is 0 Å². The molecular weight excluding hydrogens is 199 g/mol. The van der Waals surface area contributed by atoms with Crippen molar-refractivity contribution in [3.05, 3.63) is 33.8 Å². The van der Waals surface area contributed by atoms with Crippen molar-refractivity contribution < 1.29 is 9.90 Å². The molecule has 0 heterocycles. The molecule has 63 valence electrons. The van der Waals surface area contributed by atoms with Crippen molar-refractivity contribution in [3.8, 4) is 0 Å². The minimum atomic E-state index is -0.790. The standard InChI is InChI=1S/C8H5Cl2O2/c9-5-1-2-6(7(10)3-5)8(12)4-11/h1-3H,4H2. The van der Waals surface area contributed by atoms with E-state index >= 15 is 0 Å². The average Bonchev–Trinajstić information content (AvgIpc) is 2.03. The van der Waals surface area contributed by atoms with Crippen LogP contribution in [0.2, 0.25) is 10.0 Å². The lowest BCUT2D eigenvalue weighted by Gasteiger charge is -1.99. The van der Waals surface area contributed by atoms with Gasteiger partial charge < -0.3 is 0 Å². The van der Waals surface area contributed by atoms with Gasteiger partial charge in [0.05, 0.1) is 5.02 Å². The van der Waals surface area contributed by atoms with Crippen LogP contribution in [0, 0.1) is 0 Å². The molecule has 0 aliphatic heterocycles. The van der Waals surface area contributed by atoms with Crippen molar-refractivity contribution >= 4 is 29.0 Å². The van der Waals surface area contributed by atoms with Gasteiger partial charge in [-0.05, 0) is 18.2 Å². The quantitative estimate of drug-likeness (QED) is 0.682. The van der Waals surface area contributed by atoms with E-state index in [1.165, 1.54) is 18.2 Å². The van der Waals surface area contributed by atoms with Gasteiger partial charge in [0.15, 0.2) is 5.78 Å². The zero-order chi connectivity index (χ0) is 9.14. The molecule has 1 aromatic rings. The SMILES string of the molecule is [O]CC(=O)c1ccc(Cl)cc1Cl. The number of carbonyl (C=O) groups is 1. The fourth-order valence-corrected chi connectivity index (χ4v) is 1.31. The van der Waals surface area contributed by atoms with Crippen LogP contribution in [0.5, 0.6) is 0 Å². The Kier molecular flexibility index (Phi) is 3.09. The lowest BCUT2D eigenvalue weighted by molar-refractivity contribution is 0.0827. The van der Waals surface area contributed by atoms with Gasteiger partial charge in [0.2, 0.25) is 0 Å². The molecule has 0 N–H and O–H groups in total. The van der Waals surface area contributed by atoms with E-state index < -0.39 is 12.4 Å². The minimum Gasteiger partial charge on any atom is -0.291 e. The highest BCUT2D eigenvalue weighted by atomic mass is 35.5. The highest BCUT2D eigenvalue weighted by Crippen LogP contribution is 2.20. The van der Waals surface area contributed by atoms with Crippen LogP contribution in [-0.4, -0.2) is 12.4 Å². The zero-order valence-electron chi connectivity index (χ0n) is 6.01. The number of carbonyl (C=O) groups excluding carboxylic acids is 1. The Morgan fingerprint density at radius 3 is 2.50 bits per heavy atom. The topological polar surface area (TPSA) is 37.0 Å². The van der Waals surface area contributed by atoms with Gasteiger partial charge in [0.25, 0.3) is 0 Å². The molecule has 1 aromatic carbocycles. The maximum Gasteiger partial charge on any atom is 0.193 e. The summed E-state index contributed by atoms with van der Waals surface area (Å²) in [6, 6.07) is 4.41. The maximum atomic E-state index is 10.9. The molecule has 0 unspecified atom stereocenters. The number of ketones is 1. The Hall–Kier alpha value is -0.570. The molecule has 0 atom stereocenters. The first-order valence-corrected chi connectivity index (χ1v) is 3.97. The van der Waals surface area contributed by atoms with Crippen LogP contribution >= 0.6 is 23.2 Å². The summed E-state index contributed by atoms with van der Waals surface area (Å²) < 4.78 is 0. The molecule has 0 amide bonds. The maximum absolute atomic E-state index is 10.9. The summed E-state index contributed by atoms with van der Waals surface area (Å²) in [5.41, 5.74) is 0.232. The Labute approximate surface area is 79.7 Å². The monoisotopic (exact) mass is 203 g/mol. The molecule has 0 aromatic heterocycles. The van der Waals surface area contributed by atoms with Gasteiger partial charge in [-0.1, -0.05) is 23.2 Å². The third-order valence-electron chi connectivity index (χ3n) is 1.36. The van der Waals surface area contributed by atoms with Gasteiger partial charge in [-0.3, -0.25) is 4.79 Å². The molecule has 1 radical (unpaired) electrons. The molecule has 0 aliphatic carbocycles. The smallest absolute Gasteiger partial charge is 0.193 e. The summed E-state index contributed by atoms with van der Waals surface area (Å²) in [5, 5.41) is 10.9. The number of hydrogen-bond donors (Lipinski definition) is 0. The first-order chi connectivity index (χ1) is 5.65. The summed E-state index contributed by atoms with van der Waals surface area (Å²) >= 11 is 11.2. The average molecular weight is 204 g/mol. The van der Waals surface area contributed by atoms with E-state index in [1.54, 1.807) is 0 Å². The molecule has 0 bridgehead atoms. The lowest BCUT2D eigenvalue weighted by atomic mass is 10.1. The second-order valence-electron chi connectivity index (χ2n) is 2.19. The van der Waals surface area contributed by atoms with E-state index in [2.05, 4.69) is 0 Å². The molecular formula is C8H5Cl2O2. The normalized spacial score (nSPS) is 9.92. The largest absolute Gasteiger partial charge is 0.291 e. The third-order valence-corrected chi connectivity index (χ3v) is 1.91. The van der Waals surface area contributed by atoms with E-state index in [0.29, 0.717) is 5.02 Å². The minimum absolute atomic E-state index is 0.225. The Balaban J connectivity index is 3.09. The van der Waals surface area contributed by atoms with Crippen LogP contribution in [0.15, 0.2) is 18.2 Å². The number of rotatable bonds is 2. The van der Waals surface area contributed by atoms with E-state index in [9.17, 15) is 9.90 Å². The highest BCUT2D eigenvalue weighted by Gasteiger charge is 2.09. The first-order valence-electron chi connectivity index (χ1n) is 3.21. The van der Waals surface area contributed by atoms with E-state index in [4.69, 9.17) is 23.2 Å². The van der Waals surface area contributed by atoms with E-state index in [1.807, 2.05) is 0 Å². The van der Waals surface area contributed by atoms with Gasteiger partial charge in [0.1, 0.15) is 6.61 Å². The molecule has 0 saturated carbocycles. The molecule has 1 rings (SSSR count). The van der Waals surface area contributed by atoms with Gasteiger partial charge in [-0.25, -0.2) is 5.11 Å². The van der Waals surface area contributed by atoms with Crippen molar-refractivity contribution in [3.63, 3.8) is 0 Å². The molecule has 12 heavy (non-hydrogen) atoms. The Morgan fingerprint density at radius 2 is 2.00 bits per heavy atom. The van der Waals surface area contributed by atoms with Crippen molar-refractivity contribution in [2.45, 2.75) is 0 Å². The van der Waals surface area contributed by atoms with Crippen LogP contribution in [-0.2, 0) is 5.11 Å². The zero-order valence-corrected chi connectivity index (χ0v) is 7.52. The van der Waals surface area contributed by atoms with Crippen LogP contribution in [0.3, 0.4) is 0 Å². The fraction of sp³-hybridized carbons (Fsp3) is 0.125. The molecule has 0 fully saturated rings. The predicted octanol–water partition coefficient (Wildman–Crippen LogP) is 2.61. The summed E-state index contributed by atoms with van der Waals surface area (Å²) in [6.45, 7) is -0.790. The van der Waals surface area contributed by atoms with E-state index in [0.717, 1.165) is 0 Å². The third kappa shape index (κ3) is 1.97. The highest BCUT2D eigenvalue weighted by molar-refractivity contribution is 6.36. The molecule has 0 aliphatic rings. The molecule has 2 nitrogen and oxygen atoms in total. The summed E-state index contributed by atoms with van der Waals surface area (Å²) in [6.07, 6.45) is 0. The summed E-state index contributed by atoms with van der Waals surface area (Å²) in [7, 11) is 0. The van der Waals surface area contributed by atoms with Gasteiger partial charge in [0, 0.05) is 10.6 Å². The number of Topliss-reactive ketones (excluding diaryl/α,β-unsaturated/α-hetero) is 1. The molecule has 0 saturated heterocycles. The Bertz CT molecular complexity index is 310. The summed E-state index contributed by atoms with van der Waals surface area (Å²) in [5.74, 6) is -0.517. The number of benzene rings is 1. The first kappa shape index (κ1) is 9.52. The van der Waals surface area contributed by atoms with Crippen LogP contribution in [0.4, 0.5) is 0 Å². The summed E-state index contributed by atoms with van der Waals surface area (Å²) in [4.78, 5) is 10.9. The molecule has 4 heteroatoms. The van der Waals surface area contributed by atoms with Crippen molar-refractivity contribution in [2.24, 2.45) is 0 Å². The van der Waals surface area contributed by atoms with Crippen LogP contribution < -0.4 is 0 Å². The number of halogens is 2. The van der Waals surface area contributed by atoms with Crippen molar-refractivity contribution in [1.29, 1.82) is 0 Å². The van der Waals surface area contributed by atoms with Crippen LogP contribution in [0.1, 0.15) is 10.4 Å². The number of hydrogen-bond acceptors (Lipinski definition) is 1. The Morgan fingerprint density at radius 1 is 1.33 bits per heavy atom. The lowest BCUT2D eigenvalue weighted by Crippen LogP contribution is -2.03. The molecule has 0 spiro atoms. The second kappa shape index (κ2) is 3.90. The van der Waals surface area contributed by atoms with Crippen molar-refractivity contribution in [1.82, 2.24) is 0 Å². The van der Waals surface area contributed by atoms with E-state index in [-0.39, 0.29) is 10.6 Å². The fourth-order valence-electron chi connectivity index (χ4n) is 0.793. The predicted molar refractivity (Wildman–Crippen MR) is 46.3 cm³/mol. The second-order valence-corrected chi connectivity index (χ2v) is 3.04. The van der Waals surface area contributed by atoms with Gasteiger partial charge in [-0.15, -0.1) is 0 Å². The van der Waals surface area contributed by atoms with Crippen molar-refractivity contribution in [2.75, 3.05) is 6.61 Å². The van der Waals surface area contributed by atoms with Crippen LogP contribution in [0.25, 0.3) is 0 Å².